The van der Waals surface area contributed by atoms with Crippen LogP contribution in [0.15, 0.2) is 42.5 Å². The molecule has 30 heavy (non-hydrogen) atoms. The Balaban J connectivity index is 1.31. The lowest BCUT2D eigenvalue weighted by atomic mass is 10.0. The summed E-state index contributed by atoms with van der Waals surface area (Å²) in [5.41, 5.74) is 2.18. The van der Waals surface area contributed by atoms with Crippen LogP contribution in [0.5, 0.6) is 0 Å². The largest absolute Gasteiger partial charge is 0.354 e. The molecule has 1 fully saturated rings. The number of carbonyl (C=O) groups is 3. The van der Waals surface area contributed by atoms with Crippen LogP contribution in [-0.2, 0) is 16.0 Å². The highest BCUT2D eigenvalue weighted by Gasteiger charge is 2.47. The van der Waals surface area contributed by atoms with Gasteiger partial charge >= 0.3 is 0 Å². The van der Waals surface area contributed by atoms with Crippen molar-refractivity contribution in [2.24, 2.45) is 0 Å². The van der Waals surface area contributed by atoms with E-state index in [1.165, 1.54) is 0 Å². The smallest absolute Gasteiger partial charge is 0.255 e. The van der Waals surface area contributed by atoms with Gasteiger partial charge in [0.2, 0.25) is 11.8 Å². The summed E-state index contributed by atoms with van der Waals surface area (Å²) >= 11 is 12.0. The second-order valence-corrected chi connectivity index (χ2v) is 8.40. The van der Waals surface area contributed by atoms with Crippen molar-refractivity contribution in [1.82, 2.24) is 15.5 Å². The minimum absolute atomic E-state index is 0.0963. The highest BCUT2D eigenvalue weighted by atomic mass is 35.5. The molecular formula is C22H21Cl2N3O3. The van der Waals surface area contributed by atoms with Gasteiger partial charge in [0.15, 0.2) is 0 Å². The van der Waals surface area contributed by atoms with Crippen molar-refractivity contribution >= 4 is 40.9 Å². The summed E-state index contributed by atoms with van der Waals surface area (Å²) in [6, 6.07) is 11.8. The van der Waals surface area contributed by atoms with Gasteiger partial charge in [-0.05, 0) is 54.7 Å². The molecule has 1 unspecified atom stereocenters. The lowest BCUT2D eigenvalue weighted by Crippen LogP contribution is -2.44. The van der Waals surface area contributed by atoms with Crippen molar-refractivity contribution < 1.29 is 14.4 Å². The van der Waals surface area contributed by atoms with Gasteiger partial charge in [0.1, 0.15) is 6.04 Å². The normalized spacial score (nSPS) is 17.6. The second-order valence-electron chi connectivity index (χ2n) is 7.53. The van der Waals surface area contributed by atoms with Crippen LogP contribution in [0, 0.1) is 0 Å². The summed E-state index contributed by atoms with van der Waals surface area (Å²) in [5.74, 6) is -0.748. The van der Waals surface area contributed by atoms with E-state index < -0.39 is 6.04 Å². The van der Waals surface area contributed by atoms with Gasteiger partial charge in [0.25, 0.3) is 5.91 Å². The predicted molar refractivity (Wildman–Crippen MR) is 115 cm³/mol. The molecule has 0 aromatic heterocycles. The first-order chi connectivity index (χ1) is 14.4. The lowest BCUT2D eigenvalue weighted by Gasteiger charge is -2.24. The number of fused-ring (bicyclic) bond motifs is 1. The zero-order valence-corrected chi connectivity index (χ0v) is 17.7. The van der Waals surface area contributed by atoms with Crippen molar-refractivity contribution in [2.45, 2.75) is 31.3 Å². The van der Waals surface area contributed by atoms with Crippen LogP contribution in [-0.4, -0.2) is 41.8 Å². The van der Waals surface area contributed by atoms with E-state index in [9.17, 15) is 14.4 Å². The van der Waals surface area contributed by atoms with Gasteiger partial charge < -0.3 is 15.5 Å². The van der Waals surface area contributed by atoms with Crippen LogP contribution in [0.25, 0.3) is 0 Å². The van der Waals surface area contributed by atoms with E-state index in [0.717, 1.165) is 18.4 Å². The molecule has 0 bridgehead atoms. The zero-order valence-electron chi connectivity index (χ0n) is 16.2. The third kappa shape index (κ3) is 4.45. The molecule has 2 aromatic rings. The van der Waals surface area contributed by atoms with Crippen molar-refractivity contribution in [3.05, 3.63) is 69.2 Å². The fourth-order valence-electron chi connectivity index (χ4n) is 3.76. The maximum absolute atomic E-state index is 12.9. The van der Waals surface area contributed by atoms with Gasteiger partial charge in [-0.1, -0.05) is 41.4 Å². The SMILES string of the molecule is O=C(CNC(=O)C1c2ccccc2C(=O)N1C1CC1)NCCc1cc(Cl)cc(Cl)c1. The van der Waals surface area contributed by atoms with Crippen molar-refractivity contribution in [3.63, 3.8) is 0 Å². The molecule has 0 saturated heterocycles. The third-order valence-electron chi connectivity index (χ3n) is 5.27. The fraction of sp³-hybridized carbons (Fsp3) is 0.318. The molecule has 1 aliphatic heterocycles. The maximum atomic E-state index is 12.9. The number of amides is 3. The zero-order chi connectivity index (χ0) is 21.3. The fourth-order valence-corrected chi connectivity index (χ4v) is 4.33. The first kappa shape index (κ1) is 20.7. The molecule has 1 aliphatic carbocycles. The number of rotatable bonds is 7. The number of halogens is 2. The van der Waals surface area contributed by atoms with Gasteiger partial charge in [-0.3, -0.25) is 14.4 Å². The Morgan fingerprint density at radius 1 is 1.03 bits per heavy atom. The molecule has 8 heteroatoms. The minimum atomic E-state index is -0.678. The summed E-state index contributed by atoms with van der Waals surface area (Å²) in [6.45, 7) is 0.241. The van der Waals surface area contributed by atoms with Crippen LogP contribution in [0.1, 0.15) is 40.4 Å². The molecule has 4 rings (SSSR count). The molecule has 2 aromatic carbocycles. The van der Waals surface area contributed by atoms with Crippen LogP contribution < -0.4 is 10.6 Å². The van der Waals surface area contributed by atoms with E-state index in [-0.39, 0.29) is 30.3 Å². The van der Waals surface area contributed by atoms with E-state index in [4.69, 9.17) is 23.2 Å². The van der Waals surface area contributed by atoms with Crippen LogP contribution >= 0.6 is 23.2 Å². The van der Waals surface area contributed by atoms with Crippen molar-refractivity contribution in [3.8, 4) is 0 Å². The molecule has 6 nitrogen and oxygen atoms in total. The molecule has 1 atom stereocenters. The van der Waals surface area contributed by atoms with Crippen molar-refractivity contribution in [1.29, 1.82) is 0 Å². The first-order valence-electron chi connectivity index (χ1n) is 9.85. The van der Waals surface area contributed by atoms with Gasteiger partial charge in [-0.2, -0.15) is 0 Å². The van der Waals surface area contributed by atoms with Gasteiger partial charge in [0, 0.05) is 28.2 Å². The molecule has 0 radical (unpaired) electrons. The molecule has 1 saturated carbocycles. The Labute approximate surface area is 184 Å². The maximum Gasteiger partial charge on any atom is 0.255 e. The van der Waals surface area contributed by atoms with E-state index >= 15 is 0 Å². The van der Waals surface area contributed by atoms with E-state index in [1.807, 2.05) is 6.07 Å². The first-order valence-corrected chi connectivity index (χ1v) is 10.6. The summed E-state index contributed by atoms with van der Waals surface area (Å²) < 4.78 is 0. The quantitative estimate of drug-likeness (QED) is 0.686. The van der Waals surface area contributed by atoms with Gasteiger partial charge in [-0.15, -0.1) is 0 Å². The van der Waals surface area contributed by atoms with Gasteiger partial charge in [0.05, 0.1) is 6.54 Å². The highest BCUT2D eigenvalue weighted by Crippen LogP contribution is 2.41. The minimum Gasteiger partial charge on any atom is -0.354 e. The Morgan fingerprint density at radius 3 is 2.43 bits per heavy atom. The molecule has 2 aliphatic rings. The van der Waals surface area contributed by atoms with Crippen LogP contribution in [0.4, 0.5) is 0 Å². The molecule has 156 valence electrons. The molecule has 0 spiro atoms. The number of nitrogens with zero attached hydrogens (tertiary/aromatic N) is 1. The topological polar surface area (TPSA) is 78.5 Å². The standard InChI is InChI=1S/C22H21Cl2N3O3/c23-14-9-13(10-15(24)11-14)7-8-25-19(28)12-26-21(29)20-17-3-1-2-4-18(17)22(30)27(20)16-5-6-16/h1-4,9-11,16,20H,5-8,12H2,(H,25,28)(H,26,29). The van der Waals surface area contributed by atoms with E-state index in [0.29, 0.717) is 34.1 Å². The average Bonchev–Trinajstić information content (AvgIpc) is 3.50. The lowest BCUT2D eigenvalue weighted by molar-refractivity contribution is -0.129. The van der Waals surface area contributed by atoms with E-state index in [1.54, 1.807) is 41.3 Å². The predicted octanol–water partition coefficient (Wildman–Crippen LogP) is 3.13. The second kappa shape index (κ2) is 8.66. The van der Waals surface area contributed by atoms with E-state index in [2.05, 4.69) is 10.6 Å². The molecule has 2 N–H and O–H groups in total. The van der Waals surface area contributed by atoms with Crippen molar-refractivity contribution in [2.75, 3.05) is 13.1 Å². The Bertz CT molecular complexity index is 987. The number of benzene rings is 2. The number of carbonyl (C=O) groups excluding carboxylic acids is 3. The molecule has 3 amide bonds. The number of nitrogens with one attached hydrogen (secondary N) is 2. The highest BCUT2D eigenvalue weighted by molar-refractivity contribution is 6.34. The Morgan fingerprint density at radius 2 is 1.73 bits per heavy atom. The molecular weight excluding hydrogens is 425 g/mol. The van der Waals surface area contributed by atoms with Crippen LogP contribution in [0.2, 0.25) is 10.0 Å². The summed E-state index contributed by atoms with van der Waals surface area (Å²) in [6.07, 6.45) is 2.37. The number of hydrogen-bond acceptors (Lipinski definition) is 3. The Kier molecular flexibility index (Phi) is 5.97. The summed E-state index contributed by atoms with van der Waals surface area (Å²) in [4.78, 5) is 39.4. The number of hydrogen-bond donors (Lipinski definition) is 2. The summed E-state index contributed by atoms with van der Waals surface area (Å²) in [5, 5.41) is 6.54. The van der Waals surface area contributed by atoms with Crippen LogP contribution in [0.3, 0.4) is 0 Å². The third-order valence-corrected chi connectivity index (χ3v) is 5.70. The Hall–Kier alpha value is -2.57. The van der Waals surface area contributed by atoms with Gasteiger partial charge in [-0.25, -0.2) is 0 Å². The monoisotopic (exact) mass is 445 g/mol. The molecule has 1 heterocycles. The average molecular weight is 446 g/mol. The summed E-state index contributed by atoms with van der Waals surface area (Å²) in [7, 11) is 0.